The first-order chi connectivity index (χ1) is 13.2. The van der Waals surface area contributed by atoms with E-state index in [1.807, 2.05) is 0 Å². The van der Waals surface area contributed by atoms with Gasteiger partial charge in [-0.25, -0.2) is 9.78 Å². The number of amides is 2. The summed E-state index contributed by atoms with van der Waals surface area (Å²) in [5.41, 5.74) is -0.401. The first-order valence-corrected chi connectivity index (χ1v) is 8.32. The fourth-order valence-corrected chi connectivity index (χ4v) is 2.70. The molecular formula is C18H16F3N3O4. The number of anilines is 1. The molecule has 1 saturated heterocycles. The second kappa shape index (κ2) is 7.75. The van der Waals surface area contributed by atoms with Gasteiger partial charge in [0.2, 0.25) is 5.88 Å². The lowest BCUT2D eigenvalue weighted by atomic mass is 10.1. The summed E-state index contributed by atoms with van der Waals surface area (Å²) in [6, 6.07) is 6.74. The van der Waals surface area contributed by atoms with Crippen molar-refractivity contribution in [2.75, 3.05) is 18.4 Å². The minimum absolute atomic E-state index is 0.143. The van der Waals surface area contributed by atoms with E-state index in [0.29, 0.717) is 18.7 Å². The molecule has 2 aromatic rings. The number of hydrogen-bond donors (Lipinski definition) is 2. The number of carbonyl (C=O) groups excluding carboxylic acids is 1. The van der Waals surface area contributed by atoms with Crippen molar-refractivity contribution < 1.29 is 32.6 Å². The van der Waals surface area contributed by atoms with Crippen molar-refractivity contribution in [2.24, 2.45) is 5.92 Å². The number of carboxylic acid groups (broad SMARTS) is 1. The number of urea groups is 1. The average molecular weight is 395 g/mol. The molecule has 0 spiro atoms. The van der Waals surface area contributed by atoms with Gasteiger partial charge in [-0.15, -0.1) is 0 Å². The van der Waals surface area contributed by atoms with Crippen molar-refractivity contribution in [2.45, 2.75) is 12.6 Å². The second-order valence-corrected chi connectivity index (χ2v) is 6.21. The molecule has 1 fully saturated rings. The molecule has 1 aliphatic heterocycles. The quantitative estimate of drug-likeness (QED) is 0.821. The summed E-state index contributed by atoms with van der Waals surface area (Å²) in [4.78, 5) is 28.5. The van der Waals surface area contributed by atoms with E-state index in [2.05, 4.69) is 10.3 Å². The number of carbonyl (C=O) groups is 2. The number of benzene rings is 1. The highest BCUT2D eigenvalue weighted by Crippen LogP contribution is 2.31. The van der Waals surface area contributed by atoms with Crippen LogP contribution in [0, 0.1) is 5.92 Å². The van der Waals surface area contributed by atoms with Gasteiger partial charge in [-0.2, -0.15) is 13.2 Å². The van der Waals surface area contributed by atoms with Crippen LogP contribution in [-0.4, -0.2) is 40.1 Å². The standard InChI is InChI=1S/C18H16F3N3O4/c19-18(20,21)12-1-4-14(5-2-12)28-15-6-3-13(9-22-15)23-17(27)24-8-7-11(10-24)16(25)26/h1-6,9,11H,7-8,10H2,(H,23,27)(H,25,26). The number of likely N-dealkylation sites (tertiary alicyclic amines) is 1. The normalized spacial score (nSPS) is 16.7. The number of rotatable bonds is 4. The van der Waals surface area contributed by atoms with Crippen molar-refractivity contribution in [1.29, 1.82) is 0 Å². The number of nitrogens with one attached hydrogen (secondary N) is 1. The first-order valence-electron chi connectivity index (χ1n) is 8.32. The van der Waals surface area contributed by atoms with E-state index in [9.17, 15) is 22.8 Å². The van der Waals surface area contributed by atoms with E-state index in [-0.39, 0.29) is 18.2 Å². The molecular weight excluding hydrogens is 379 g/mol. The number of aromatic nitrogens is 1. The zero-order valence-corrected chi connectivity index (χ0v) is 14.4. The van der Waals surface area contributed by atoms with Crippen molar-refractivity contribution in [3.8, 4) is 11.6 Å². The van der Waals surface area contributed by atoms with E-state index in [1.165, 1.54) is 35.4 Å². The van der Waals surface area contributed by atoms with Crippen LogP contribution >= 0.6 is 0 Å². The van der Waals surface area contributed by atoms with Crippen LogP contribution in [0.15, 0.2) is 42.6 Å². The summed E-state index contributed by atoms with van der Waals surface area (Å²) in [6.45, 7) is 0.495. The van der Waals surface area contributed by atoms with Gasteiger partial charge >= 0.3 is 18.2 Å². The van der Waals surface area contributed by atoms with Gasteiger partial charge in [0.15, 0.2) is 0 Å². The van der Waals surface area contributed by atoms with Crippen LogP contribution in [0.4, 0.5) is 23.7 Å². The Balaban J connectivity index is 1.56. The smallest absolute Gasteiger partial charge is 0.416 e. The maximum absolute atomic E-state index is 12.5. The average Bonchev–Trinajstić information content (AvgIpc) is 3.14. The Kier molecular flexibility index (Phi) is 5.39. The molecule has 2 N–H and O–H groups in total. The Labute approximate surface area is 157 Å². The number of ether oxygens (including phenoxy) is 1. The molecule has 1 atom stereocenters. The minimum atomic E-state index is -4.42. The number of hydrogen-bond acceptors (Lipinski definition) is 4. The molecule has 1 unspecified atom stereocenters. The third kappa shape index (κ3) is 4.70. The fourth-order valence-electron chi connectivity index (χ4n) is 2.70. The molecule has 0 aliphatic carbocycles. The van der Waals surface area contributed by atoms with Crippen LogP contribution in [0.1, 0.15) is 12.0 Å². The van der Waals surface area contributed by atoms with Crippen molar-refractivity contribution in [3.63, 3.8) is 0 Å². The Morgan fingerprint density at radius 3 is 2.43 bits per heavy atom. The lowest BCUT2D eigenvalue weighted by Crippen LogP contribution is -2.33. The molecule has 0 bridgehead atoms. The molecule has 2 heterocycles. The molecule has 1 aromatic carbocycles. The predicted molar refractivity (Wildman–Crippen MR) is 92.1 cm³/mol. The molecule has 2 amide bonds. The first kappa shape index (κ1) is 19.5. The second-order valence-electron chi connectivity index (χ2n) is 6.21. The Bertz CT molecular complexity index is 854. The Morgan fingerprint density at radius 2 is 1.89 bits per heavy atom. The third-order valence-corrected chi connectivity index (χ3v) is 4.22. The number of halogens is 3. The summed E-state index contributed by atoms with van der Waals surface area (Å²) < 4.78 is 43.0. The van der Waals surface area contributed by atoms with Crippen LogP contribution in [0.5, 0.6) is 11.6 Å². The number of pyridine rings is 1. The molecule has 148 valence electrons. The third-order valence-electron chi connectivity index (χ3n) is 4.22. The summed E-state index contributed by atoms with van der Waals surface area (Å²) in [5.74, 6) is -1.16. The number of carboxylic acids is 1. The van der Waals surface area contributed by atoms with E-state index in [0.717, 1.165) is 12.1 Å². The number of alkyl halides is 3. The summed E-state index contributed by atoms with van der Waals surface area (Å²) in [6.07, 6.45) is -2.68. The Hall–Kier alpha value is -3.30. The van der Waals surface area contributed by atoms with Gasteiger partial charge in [0, 0.05) is 19.2 Å². The van der Waals surface area contributed by atoms with Gasteiger partial charge < -0.3 is 20.1 Å². The Morgan fingerprint density at radius 1 is 1.18 bits per heavy atom. The predicted octanol–water partition coefficient (Wildman–Crippen LogP) is 3.83. The van der Waals surface area contributed by atoms with Crippen molar-refractivity contribution >= 4 is 17.7 Å². The van der Waals surface area contributed by atoms with Crippen LogP contribution < -0.4 is 10.1 Å². The highest BCUT2D eigenvalue weighted by molar-refractivity contribution is 5.89. The summed E-state index contributed by atoms with van der Waals surface area (Å²) in [7, 11) is 0. The molecule has 7 nitrogen and oxygen atoms in total. The topological polar surface area (TPSA) is 91.8 Å². The van der Waals surface area contributed by atoms with Crippen molar-refractivity contribution in [1.82, 2.24) is 9.88 Å². The molecule has 28 heavy (non-hydrogen) atoms. The zero-order chi connectivity index (χ0) is 20.3. The van der Waals surface area contributed by atoms with Gasteiger partial charge in [0.05, 0.1) is 23.4 Å². The van der Waals surface area contributed by atoms with Crippen LogP contribution in [0.2, 0.25) is 0 Å². The summed E-state index contributed by atoms with van der Waals surface area (Å²) in [5, 5.41) is 11.6. The van der Waals surface area contributed by atoms with E-state index < -0.39 is 29.7 Å². The van der Waals surface area contributed by atoms with Gasteiger partial charge in [-0.1, -0.05) is 0 Å². The number of nitrogens with zero attached hydrogens (tertiary/aromatic N) is 2. The SMILES string of the molecule is O=C(O)C1CCN(C(=O)Nc2ccc(Oc3ccc(C(F)(F)F)cc3)nc2)C1. The molecule has 1 aromatic heterocycles. The number of aliphatic carboxylic acids is 1. The lowest BCUT2D eigenvalue weighted by Gasteiger charge is -2.16. The van der Waals surface area contributed by atoms with E-state index in [1.54, 1.807) is 0 Å². The van der Waals surface area contributed by atoms with Gasteiger partial charge in [0.1, 0.15) is 5.75 Å². The monoisotopic (exact) mass is 395 g/mol. The molecule has 3 rings (SSSR count). The summed E-state index contributed by atoms with van der Waals surface area (Å²) >= 11 is 0. The van der Waals surface area contributed by atoms with E-state index in [4.69, 9.17) is 9.84 Å². The molecule has 0 radical (unpaired) electrons. The largest absolute Gasteiger partial charge is 0.481 e. The highest BCUT2D eigenvalue weighted by Gasteiger charge is 2.31. The van der Waals surface area contributed by atoms with Gasteiger partial charge in [-0.05, 0) is 36.8 Å². The molecule has 1 aliphatic rings. The molecule has 10 heteroatoms. The van der Waals surface area contributed by atoms with Gasteiger partial charge in [0.25, 0.3) is 0 Å². The minimum Gasteiger partial charge on any atom is -0.481 e. The maximum Gasteiger partial charge on any atom is 0.416 e. The zero-order valence-electron chi connectivity index (χ0n) is 14.4. The van der Waals surface area contributed by atoms with Crippen LogP contribution in [0.3, 0.4) is 0 Å². The van der Waals surface area contributed by atoms with E-state index >= 15 is 0 Å². The molecule has 0 saturated carbocycles. The van der Waals surface area contributed by atoms with Crippen LogP contribution in [-0.2, 0) is 11.0 Å². The van der Waals surface area contributed by atoms with Crippen molar-refractivity contribution in [3.05, 3.63) is 48.2 Å². The van der Waals surface area contributed by atoms with Gasteiger partial charge in [-0.3, -0.25) is 4.79 Å². The lowest BCUT2D eigenvalue weighted by molar-refractivity contribution is -0.141. The van der Waals surface area contributed by atoms with Crippen LogP contribution in [0.25, 0.3) is 0 Å². The highest BCUT2D eigenvalue weighted by atomic mass is 19.4. The fraction of sp³-hybridized carbons (Fsp3) is 0.278. The maximum atomic E-state index is 12.5.